The number of rotatable bonds is 6. The first-order valence-electron chi connectivity index (χ1n) is 9.39. The van der Waals surface area contributed by atoms with Crippen LogP contribution in [0.5, 0.6) is 0 Å². The van der Waals surface area contributed by atoms with Gasteiger partial charge >= 0.3 is 0 Å². The number of carbonyl (C=O) groups excluding carboxylic acids is 1. The van der Waals surface area contributed by atoms with Gasteiger partial charge in [-0.15, -0.1) is 0 Å². The van der Waals surface area contributed by atoms with Crippen molar-refractivity contribution in [2.24, 2.45) is 5.10 Å². The zero-order valence-corrected chi connectivity index (χ0v) is 18.6. The molecule has 0 spiro atoms. The van der Waals surface area contributed by atoms with Crippen molar-refractivity contribution in [1.82, 2.24) is 15.0 Å². The van der Waals surface area contributed by atoms with Gasteiger partial charge in [0.15, 0.2) is 5.16 Å². The van der Waals surface area contributed by atoms with E-state index in [9.17, 15) is 9.59 Å². The molecule has 1 amide bonds. The van der Waals surface area contributed by atoms with E-state index >= 15 is 0 Å². The fraction of sp³-hybridized carbons (Fsp3) is 0.0435. The van der Waals surface area contributed by atoms with E-state index < -0.39 is 0 Å². The highest BCUT2D eigenvalue weighted by Gasteiger charge is 2.14. The van der Waals surface area contributed by atoms with Crippen molar-refractivity contribution in [3.8, 4) is 5.69 Å². The number of aromatic nitrogens is 2. The van der Waals surface area contributed by atoms with Crippen LogP contribution >= 0.6 is 27.7 Å². The second-order valence-corrected chi connectivity index (χ2v) is 8.38. The minimum Gasteiger partial charge on any atom is -0.272 e. The Bertz CT molecular complexity index is 1320. The third kappa shape index (κ3) is 5.10. The van der Waals surface area contributed by atoms with E-state index in [1.54, 1.807) is 18.3 Å². The van der Waals surface area contributed by atoms with Crippen molar-refractivity contribution in [3.63, 3.8) is 0 Å². The van der Waals surface area contributed by atoms with Gasteiger partial charge in [-0.3, -0.25) is 14.2 Å². The Morgan fingerprint density at radius 2 is 1.84 bits per heavy atom. The van der Waals surface area contributed by atoms with Crippen molar-refractivity contribution < 1.29 is 4.79 Å². The number of para-hydroxylation sites is 2. The van der Waals surface area contributed by atoms with Crippen LogP contribution in [0.25, 0.3) is 16.6 Å². The van der Waals surface area contributed by atoms with E-state index in [2.05, 4.69) is 31.4 Å². The summed E-state index contributed by atoms with van der Waals surface area (Å²) in [6.45, 7) is 0. The number of benzene rings is 3. The average molecular weight is 493 g/mol. The average Bonchev–Trinajstić information content (AvgIpc) is 2.78. The van der Waals surface area contributed by atoms with Crippen LogP contribution < -0.4 is 11.0 Å². The molecule has 0 fully saturated rings. The molecule has 0 bridgehead atoms. The molecule has 0 radical (unpaired) electrons. The first-order valence-corrected chi connectivity index (χ1v) is 11.2. The highest BCUT2D eigenvalue weighted by molar-refractivity contribution is 9.10. The highest BCUT2D eigenvalue weighted by atomic mass is 79.9. The molecule has 8 heteroatoms. The Labute approximate surface area is 191 Å². The van der Waals surface area contributed by atoms with Crippen molar-refractivity contribution in [2.75, 3.05) is 5.75 Å². The molecule has 3 aromatic carbocycles. The number of fused-ring (bicyclic) bond motifs is 1. The topological polar surface area (TPSA) is 76.3 Å². The Morgan fingerprint density at radius 1 is 1.06 bits per heavy atom. The highest BCUT2D eigenvalue weighted by Crippen LogP contribution is 2.21. The maximum Gasteiger partial charge on any atom is 0.266 e. The predicted molar refractivity (Wildman–Crippen MR) is 128 cm³/mol. The number of nitrogens with zero attached hydrogens (tertiary/aromatic N) is 3. The van der Waals surface area contributed by atoms with Gasteiger partial charge in [0.05, 0.1) is 28.6 Å². The van der Waals surface area contributed by atoms with E-state index in [4.69, 9.17) is 0 Å². The molecule has 1 heterocycles. The Hall–Kier alpha value is -3.23. The predicted octanol–water partition coefficient (Wildman–Crippen LogP) is 4.39. The number of carbonyl (C=O) groups is 1. The van der Waals surface area contributed by atoms with E-state index in [1.807, 2.05) is 66.7 Å². The fourth-order valence-corrected chi connectivity index (χ4v) is 4.16. The SMILES string of the molecule is O=C(CSc1nc2ccccc2c(=O)n1-c1ccccc1)N/N=C\c1cccc(Br)c1. The summed E-state index contributed by atoms with van der Waals surface area (Å²) in [7, 11) is 0. The van der Waals surface area contributed by atoms with Crippen LogP contribution in [0.2, 0.25) is 0 Å². The van der Waals surface area contributed by atoms with Gasteiger partial charge in [0, 0.05) is 4.47 Å². The summed E-state index contributed by atoms with van der Waals surface area (Å²) in [5.74, 6) is -0.230. The molecular formula is C23H17BrN4O2S. The summed E-state index contributed by atoms with van der Waals surface area (Å²) < 4.78 is 2.46. The molecule has 1 N–H and O–H groups in total. The lowest BCUT2D eigenvalue weighted by Crippen LogP contribution is -2.24. The summed E-state index contributed by atoms with van der Waals surface area (Å²) in [4.78, 5) is 30.1. The van der Waals surface area contributed by atoms with Gasteiger partial charge in [-0.2, -0.15) is 5.10 Å². The summed E-state index contributed by atoms with van der Waals surface area (Å²) in [5.41, 5.74) is 4.48. The second-order valence-electron chi connectivity index (χ2n) is 6.52. The maximum absolute atomic E-state index is 13.1. The number of amides is 1. The fourth-order valence-electron chi connectivity index (χ4n) is 2.94. The Balaban J connectivity index is 1.55. The van der Waals surface area contributed by atoms with Crippen LogP contribution in [-0.2, 0) is 4.79 Å². The van der Waals surface area contributed by atoms with Crippen LogP contribution in [0.4, 0.5) is 0 Å². The maximum atomic E-state index is 13.1. The lowest BCUT2D eigenvalue weighted by atomic mass is 10.2. The van der Waals surface area contributed by atoms with Gasteiger partial charge < -0.3 is 0 Å². The van der Waals surface area contributed by atoms with Gasteiger partial charge in [-0.1, -0.05) is 70.2 Å². The van der Waals surface area contributed by atoms with Crippen LogP contribution in [0, 0.1) is 0 Å². The van der Waals surface area contributed by atoms with E-state index in [0.717, 1.165) is 10.0 Å². The first kappa shape index (κ1) is 21.0. The molecule has 4 rings (SSSR count). The summed E-state index contributed by atoms with van der Waals surface area (Å²) in [6, 6.07) is 24.0. The van der Waals surface area contributed by atoms with Gasteiger partial charge in [-0.05, 0) is 42.0 Å². The van der Waals surface area contributed by atoms with Crippen LogP contribution in [-0.4, -0.2) is 27.4 Å². The summed E-state index contributed by atoms with van der Waals surface area (Å²) >= 11 is 4.58. The zero-order chi connectivity index (χ0) is 21.6. The third-order valence-electron chi connectivity index (χ3n) is 4.34. The molecule has 154 valence electrons. The van der Waals surface area contributed by atoms with Crippen molar-refractivity contribution >= 4 is 50.7 Å². The molecule has 0 saturated carbocycles. The molecule has 0 aliphatic carbocycles. The lowest BCUT2D eigenvalue weighted by molar-refractivity contribution is -0.118. The van der Waals surface area contributed by atoms with Crippen LogP contribution in [0.3, 0.4) is 0 Å². The van der Waals surface area contributed by atoms with Gasteiger partial charge in [0.25, 0.3) is 11.5 Å². The third-order valence-corrected chi connectivity index (χ3v) is 5.78. The number of hydrogen-bond acceptors (Lipinski definition) is 5. The molecule has 6 nitrogen and oxygen atoms in total. The minimum absolute atomic E-state index is 0.0629. The minimum atomic E-state index is -0.293. The lowest BCUT2D eigenvalue weighted by Gasteiger charge is -2.12. The molecule has 1 aromatic heterocycles. The Morgan fingerprint density at radius 3 is 2.65 bits per heavy atom. The quantitative estimate of drug-likeness (QED) is 0.187. The van der Waals surface area contributed by atoms with E-state index in [-0.39, 0.29) is 17.2 Å². The van der Waals surface area contributed by atoms with Crippen LogP contribution in [0.15, 0.2) is 98.4 Å². The molecule has 0 saturated heterocycles. The standard InChI is InChI=1S/C23H17BrN4O2S/c24-17-8-6-7-16(13-17)14-25-27-21(29)15-31-23-26-20-12-5-4-11-19(20)22(30)28(23)18-9-2-1-3-10-18/h1-14H,15H2,(H,27,29)/b25-14-. The summed E-state index contributed by atoms with van der Waals surface area (Å²) in [6.07, 6.45) is 1.57. The molecule has 0 unspecified atom stereocenters. The first-order chi connectivity index (χ1) is 15.1. The molecular weight excluding hydrogens is 476 g/mol. The molecule has 31 heavy (non-hydrogen) atoms. The molecule has 0 aliphatic heterocycles. The van der Waals surface area contributed by atoms with Gasteiger partial charge in [-0.25, -0.2) is 10.4 Å². The number of nitrogens with one attached hydrogen (secondary N) is 1. The van der Waals surface area contributed by atoms with Gasteiger partial charge in [0.1, 0.15) is 0 Å². The number of hydrazone groups is 1. The van der Waals surface area contributed by atoms with E-state index in [0.29, 0.717) is 21.7 Å². The Kier molecular flexibility index (Phi) is 6.59. The van der Waals surface area contributed by atoms with E-state index in [1.165, 1.54) is 16.3 Å². The second kappa shape index (κ2) is 9.72. The largest absolute Gasteiger partial charge is 0.272 e. The monoisotopic (exact) mass is 492 g/mol. The molecule has 0 aliphatic rings. The smallest absolute Gasteiger partial charge is 0.266 e. The van der Waals surface area contributed by atoms with Gasteiger partial charge in [0.2, 0.25) is 0 Å². The molecule has 4 aromatic rings. The number of thioether (sulfide) groups is 1. The number of halogens is 1. The van der Waals surface area contributed by atoms with Crippen molar-refractivity contribution in [1.29, 1.82) is 0 Å². The van der Waals surface area contributed by atoms with Crippen molar-refractivity contribution in [2.45, 2.75) is 5.16 Å². The normalized spacial score (nSPS) is 11.1. The molecule has 0 atom stereocenters. The van der Waals surface area contributed by atoms with Crippen LogP contribution in [0.1, 0.15) is 5.56 Å². The van der Waals surface area contributed by atoms with Crippen molar-refractivity contribution in [3.05, 3.63) is 99.3 Å². The zero-order valence-electron chi connectivity index (χ0n) is 16.2. The summed E-state index contributed by atoms with van der Waals surface area (Å²) in [5, 5.41) is 4.97. The number of hydrogen-bond donors (Lipinski definition) is 1.